The molecule has 2 N–H and O–H groups in total. The van der Waals surface area contributed by atoms with Crippen LogP contribution in [0, 0.1) is 6.92 Å². The number of phenolic OH excluding ortho intramolecular Hbond substituents is 1. The molecule has 3 rings (SSSR count). The fourth-order valence-electron chi connectivity index (χ4n) is 2.27. The van der Waals surface area contributed by atoms with Crippen LogP contribution in [0.4, 0.5) is 5.69 Å². The Labute approximate surface area is 164 Å². The van der Waals surface area contributed by atoms with E-state index in [2.05, 4.69) is 50.3 Å². The van der Waals surface area contributed by atoms with Gasteiger partial charge in [-0.2, -0.15) is 0 Å². The highest BCUT2D eigenvalue weighted by atomic mass is 79.9. The maximum absolute atomic E-state index is 12.5. The first-order valence-electron chi connectivity index (χ1n) is 7.83. The predicted octanol–water partition coefficient (Wildman–Crippen LogP) is 4.80. The molecule has 0 spiro atoms. The number of hydrogen-bond acceptors (Lipinski definition) is 5. The second kappa shape index (κ2) is 8.33. The normalized spacial score (nSPS) is 10.5. The molecule has 1 heterocycles. The molecule has 0 fully saturated rings. The molecule has 0 aliphatic carbocycles. The van der Waals surface area contributed by atoms with Crippen molar-refractivity contribution in [3.8, 4) is 5.75 Å². The van der Waals surface area contributed by atoms with Gasteiger partial charge in [0.1, 0.15) is 11.4 Å². The number of halogens is 1. The monoisotopic (exact) mass is 429 g/mol. The summed E-state index contributed by atoms with van der Waals surface area (Å²) < 4.78 is 0.510. The molecule has 2 aromatic carbocycles. The third kappa shape index (κ3) is 4.62. The number of carbonyl (C=O) groups excluding carboxylic acids is 1. The van der Waals surface area contributed by atoms with E-state index in [9.17, 15) is 9.90 Å². The lowest BCUT2D eigenvalue weighted by molar-refractivity contribution is 0.102. The molecule has 1 aromatic heterocycles. The molecule has 7 heteroatoms. The number of rotatable bonds is 5. The minimum Gasteiger partial charge on any atom is -0.508 e. The zero-order chi connectivity index (χ0) is 18.5. The quantitative estimate of drug-likeness (QED) is 0.450. The molecule has 0 saturated carbocycles. The van der Waals surface area contributed by atoms with Crippen LogP contribution >= 0.6 is 27.7 Å². The van der Waals surface area contributed by atoms with Gasteiger partial charge in [0.15, 0.2) is 5.16 Å². The number of aryl methyl sites for hydroxylation is 1. The van der Waals surface area contributed by atoms with Gasteiger partial charge in [0, 0.05) is 23.7 Å². The van der Waals surface area contributed by atoms with Crippen molar-refractivity contribution in [2.45, 2.75) is 17.8 Å². The summed E-state index contributed by atoms with van der Waals surface area (Å²) in [4.78, 5) is 21.1. The van der Waals surface area contributed by atoms with Crippen LogP contribution in [0.15, 0.2) is 64.4 Å². The molecule has 0 bridgehead atoms. The summed E-state index contributed by atoms with van der Waals surface area (Å²) in [6, 6.07) is 14.5. The van der Waals surface area contributed by atoms with E-state index in [1.165, 1.54) is 35.0 Å². The second-order valence-electron chi connectivity index (χ2n) is 5.57. The van der Waals surface area contributed by atoms with E-state index in [1.807, 2.05) is 12.1 Å². The minimum atomic E-state index is -0.373. The number of aromatic nitrogens is 2. The highest BCUT2D eigenvalue weighted by Crippen LogP contribution is 2.24. The third-order valence-corrected chi connectivity index (χ3v) is 5.15. The van der Waals surface area contributed by atoms with Gasteiger partial charge in [0.05, 0.1) is 4.47 Å². The molecular weight excluding hydrogens is 414 g/mol. The number of phenols is 1. The third-order valence-electron chi connectivity index (χ3n) is 3.66. The molecule has 0 radical (unpaired) electrons. The average molecular weight is 430 g/mol. The SMILES string of the molecule is Cc1ccccc1CSc1ncc(Br)c(C(=O)Nc2cccc(O)c2)n1. The van der Waals surface area contributed by atoms with E-state index in [0.717, 1.165) is 5.75 Å². The summed E-state index contributed by atoms with van der Waals surface area (Å²) >= 11 is 4.80. The highest BCUT2D eigenvalue weighted by molar-refractivity contribution is 9.10. The zero-order valence-corrected chi connectivity index (χ0v) is 16.3. The van der Waals surface area contributed by atoms with Gasteiger partial charge in [-0.25, -0.2) is 9.97 Å². The van der Waals surface area contributed by atoms with Gasteiger partial charge in [-0.1, -0.05) is 42.1 Å². The molecule has 5 nitrogen and oxygen atoms in total. The van der Waals surface area contributed by atoms with Crippen molar-refractivity contribution in [3.63, 3.8) is 0 Å². The maximum atomic E-state index is 12.5. The molecule has 0 aliphatic heterocycles. The summed E-state index contributed by atoms with van der Waals surface area (Å²) in [5.74, 6) is 0.434. The van der Waals surface area contributed by atoms with E-state index in [0.29, 0.717) is 15.3 Å². The molecule has 26 heavy (non-hydrogen) atoms. The van der Waals surface area contributed by atoms with Crippen LogP contribution in [0.3, 0.4) is 0 Å². The largest absolute Gasteiger partial charge is 0.508 e. The molecule has 0 atom stereocenters. The van der Waals surface area contributed by atoms with Gasteiger partial charge in [0.25, 0.3) is 5.91 Å². The van der Waals surface area contributed by atoms with Crippen molar-refractivity contribution >= 4 is 39.3 Å². The predicted molar refractivity (Wildman–Crippen MR) is 107 cm³/mol. The summed E-state index contributed by atoms with van der Waals surface area (Å²) in [6.07, 6.45) is 1.57. The smallest absolute Gasteiger partial charge is 0.275 e. The fraction of sp³-hybridized carbons (Fsp3) is 0.105. The standard InChI is InChI=1S/C19H16BrN3O2S/c1-12-5-2-3-6-13(12)11-26-19-21-10-16(20)17(23-19)18(25)22-14-7-4-8-15(24)9-14/h2-10,24H,11H2,1H3,(H,22,25). The Kier molecular flexibility index (Phi) is 5.90. The molecule has 0 aliphatic rings. The number of thioether (sulfide) groups is 1. The zero-order valence-electron chi connectivity index (χ0n) is 13.9. The van der Waals surface area contributed by atoms with Crippen molar-refractivity contribution in [1.29, 1.82) is 0 Å². The van der Waals surface area contributed by atoms with Crippen LogP contribution in [-0.2, 0) is 5.75 Å². The van der Waals surface area contributed by atoms with Gasteiger partial charge >= 0.3 is 0 Å². The van der Waals surface area contributed by atoms with Crippen LogP contribution < -0.4 is 5.32 Å². The number of benzene rings is 2. The fourth-order valence-corrected chi connectivity index (χ4v) is 3.53. The van der Waals surface area contributed by atoms with E-state index in [1.54, 1.807) is 18.3 Å². The summed E-state index contributed by atoms with van der Waals surface area (Å²) in [5.41, 5.74) is 3.15. The Morgan fingerprint density at radius 1 is 1.23 bits per heavy atom. The molecule has 3 aromatic rings. The molecule has 132 valence electrons. The van der Waals surface area contributed by atoms with Crippen LogP contribution in [0.2, 0.25) is 0 Å². The van der Waals surface area contributed by atoms with Crippen molar-refractivity contribution in [1.82, 2.24) is 9.97 Å². The lowest BCUT2D eigenvalue weighted by Crippen LogP contribution is -2.15. The van der Waals surface area contributed by atoms with E-state index < -0.39 is 0 Å². The van der Waals surface area contributed by atoms with Crippen LogP contribution in [-0.4, -0.2) is 21.0 Å². The van der Waals surface area contributed by atoms with Crippen LogP contribution in [0.25, 0.3) is 0 Å². The Morgan fingerprint density at radius 3 is 2.81 bits per heavy atom. The van der Waals surface area contributed by atoms with Gasteiger partial charge in [-0.15, -0.1) is 0 Å². The Bertz CT molecular complexity index is 950. The highest BCUT2D eigenvalue weighted by Gasteiger charge is 2.15. The Hall–Kier alpha value is -2.38. The number of aromatic hydroxyl groups is 1. The minimum absolute atomic E-state index is 0.0824. The van der Waals surface area contributed by atoms with E-state index >= 15 is 0 Å². The first-order chi connectivity index (χ1) is 12.5. The molecule has 1 amide bonds. The maximum Gasteiger partial charge on any atom is 0.275 e. The molecule has 0 saturated heterocycles. The summed E-state index contributed by atoms with van der Waals surface area (Å²) in [7, 11) is 0. The van der Waals surface area contributed by atoms with Gasteiger partial charge < -0.3 is 10.4 Å². The number of nitrogens with zero attached hydrogens (tertiary/aromatic N) is 2. The number of anilines is 1. The first kappa shape index (κ1) is 18.4. The summed E-state index contributed by atoms with van der Waals surface area (Å²) in [5, 5.41) is 12.8. The molecular formula is C19H16BrN3O2S. The van der Waals surface area contributed by atoms with Crippen molar-refractivity contribution in [3.05, 3.63) is 76.0 Å². The topological polar surface area (TPSA) is 75.1 Å². The lowest BCUT2D eigenvalue weighted by atomic mass is 10.1. The second-order valence-corrected chi connectivity index (χ2v) is 7.37. The van der Waals surface area contributed by atoms with E-state index in [-0.39, 0.29) is 17.4 Å². The number of hydrogen-bond donors (Lipinski definition) is 2. The number of nitrogens with one attached hydrogen (secondary N) is 1. The van der Waals surface area contributed by atoms with E-state index in [4.69, 9.17) is 0 Å². The van der Waals surface area contributed by atoms with Crippen molar-refractivity contribution < 1.29 is 9.90 Å². The van der Waals surface area contributed by atoms with Crippen LogP contribution in [0.5, 0.6) is 5.75 Å². The Balaban J connectivity index is 1.74. The lowest BCUT2D eigenvalue weighted by Gasteiger charge is -2.08. The van der Waals surface area contributed by atoms with Gasteiger partial charge in [-0.3, -0.25) is 4.79 Å². The number of carbonyl (C=O) groups is 1. The van der Waals surface area contributed by atoms with Gasteiger partial charge in [-0.05, 0) is 46.1 Å². The average Bonchev–Trinajstić information content (AvgIpc) is 2.62. The van der Waals surface area contributed by atoms with Gasteiger partial charge in [0.2, 0.25) is 0 Å². The number of amides is 1. The van der Waals surface area contributed by atoms with Crippen LogP contribution in [0.1, 0.15) is 21.6 Å². The van der Waals surface area contributed by atoms with Crippen molar-refractivity contribution in [2.24, 2.45) is 0 Å². The molecule has 0 unspecified atom stereocenters. The van der Waals surface area contributed by atoms with Crippen molar-refractivity contribution in [2.75, 3.05) is 5.32 Å². The summed E-state index contributed by atoms with van der Waals surface area (Å²) in [6.45, 7) is 2.06. The Morgan fingerprint density at radius 2 is 2.04 bits per heavy atom. The first-order valence-corrected chi connectivity index (χ1v) is 9.61.